The molecular weight excluding hydrogens is 278 g/mol. The molecule has 108 valence electrons. The molecule has 1 atom stereocenters. The van der Waals surface area contributed by atoms with Gasteiger partial charge >= 0.3 is 5.84 Å². The SMILES string of the molecule is Cc1cccc(-c2ccco2)c1N[N+]12C=CN=CC1=NC=N2. The number of furan rings is 1. The van der Waals surface area contributed by atoms with Crippen LogP contribution in [0.4, 0.5) is 5.69 Å². The molecule has 2 aliphatic heterocycles. The van der Waals surface area contributed by atoms with Gasteiger partial charge in [-0.15, -0.1) is 0 Å². The molecule has 0 saturated heterocycles. The molecule has 2 aliphatic rings. The molecule has 1 aromatic heterocycles. The Hall–Kier alpha value is -2.99. The Labute approximate surface area is 127 Å². The summed E-state index contributed by atoms with van der Waals surface area (Å²) in [6, 6.07) is 9.89. The summed E-state index contributed by atoms with van der Waals surface area (Å²) in [6.45, 7) is 2.05. The van der Waals surface area contributed by atoms with Crippen molar-refractivity contribution >= 4 is 24.1 Å². The standard InChI is InChI=1S/C16H14N5O/c1-12-4-2-5-13(14-6-3-9-22-14)16(12)20-21-8-7-17-10-15(21)18-11-19-21/h2-11,20H,1H3/q+1. The van der Waals surface area contributed by atoms with E-state index in [2.05, 4.69) is 20.5 Å². The van der Waals surface area contributed by atoms with E-state index in [1.807, 2.05) is 43.5 Å². The van der Waals surface area contributed by atoms with Gasteiger partial charge in [0.2, 0.25) is 0 Å². The Morgan fingerprint density at radius 2 is 2.14 bits per heavy atom. The number of quaternary nitrogens is 1. The van der Waals surface area contributed by atoms with Crippen LogP contribution in [-0.4, -0.2) is 23.1 Å². The second-order valence-corrected chi connectivity index (χ2v) is 5.07. The van der Waals surface area contributed by atoms with E-state index in [1.54, 1.807) is 18.7 Å². The molecule has 1 aromatic carbocycles. The van der Waals surface area contributed by atoms with Crippen LogP contribution in [0.15, 0.2) is 68.5 Å². The van der Waals surface area contributed by atoms with Crippen molar-refractivity contribution in [2.75, 3.05) is 5.43 Å². The Morgan fingerprint density at radius 1 is 1.18 bits per heavy atom. The molecule has 0 aliphatic carbocycles. The Bertz CT molecular complexity index is 832. The van der Waals surface area contributed by atoms with Gasteiger partial charge in [-0.3, -0.25) is 4.99 Å². The van der Waals surface area contributed by atoms with Crippen LogP contribution in [0.1, 0.15) is 5.56 Å². The van der Waals surface area contributed by atoms with Crippen molar-refractivity contribution in [1.82, 2.24) is 0 Å². The van der Waals surface area contributed by atoms with Crippen molar-refractivity contribution in [3.8, 4) is 11.3 Å². The molecule has 6 heteroatoms. The summed E-state index contributed by atoms with van der Waals surface area (Å²) in [5, 5.41) is 4.44. The minimum Gasteiger partial charge on any atom is -0.464 e. The fourth-order valence-corrected chi connectivity index (χ4v) is 2.54. The fraction of sp³-hybridized carbons (Fsp3) is 0.0625. The van der Waals surface area contributed by atoms with Gasteiger partial charge in [-0.1, -0.05) is 12.1 Å². The van der Waals surface area contributed by atoms with Gasteiger partial charge in [0.1, 0.15) is 17.7 Å². The van der Waals surface area contributed by atoms with Crippen LogP contribution >= 0.6 is 0 Å². The number of para-hydroxylation sites is 1. The highest BCUT2D eigenvalue weighted by molar-refractivity contribution is 6.29. The number of fused-ring (bicyclic) bond motifs is 1. The molecule has 0 radical (unpaired) electrons. The molecule has 1 N–H and O–H groups in total. The van der Waals surface area contributed by atoms with Crippen LogP contribution in [0.5, 0.6) is 0 Å². The lowest BCUT2D eigenvalue weighted by atomic mass is 10.1. The van der Waals surface area contributed by atoms with Gasteiger partial charge in [-0.05, 0) is 40.5 Å². The summed E-state index contributed by atoms with van der Waals surface area (Å²) in [7, 11) is 0. The molecule has 22 heavy (non-hydrogen) atoms. The van der Waals surface area contributed by atoms with Crippen LogP contribution < -0.4 is 5.43 Å². The van der Waals surface area contributed by atoms with Crippen LogP contribution in [-0.2, 0) is 0 Å². The number of nitrogens with one attached hydrogen (secondary N) is 1. The number of benzene rings is 1. The molecular formula is C16H14N5O+. The molecule has 3 heterocycles. The third kappa shape index (κ3) is 1.89. The Balaban J connectivity index is 1.81. The highest BCUT2D eigenvalue weighted by Crippen LogP contribution is 2.34. The van der Waals surface area contributed by atoms with Gasteiger partial charge in [0.25, 0.3) is 0 Å². The summed E-state index contributed by atoms with van der Waals surface area (Å²) in [5.74, 6) is 1.52. The van der Waals surface area contributed by atoms with E-state index in [4.69, 9.17) is 4.42 Å². The lowest BCUT2D eigenvalue weighted by molar-refractivity contribution is -0.766. The zero-order chi connectivity index (χ0) is 15.0. The van der Waals surface area contributed by atoms with Gasteiger partial charge in [0, 0.05) is 5.56 Å². The first-order valence-electron chi connectivity index (χ1n) is 6.92. The summed E-state index contributed by atoms with van der Waals surface area (Å²) >= 11 is 0. The highest BCUT2D eigenvalue weighted by Gasteiger charge is 2.38. The minimum atomic E-state index is 0.0715. The number of nitrogens with zero attached hydrogens (tertiary/aromatic N) is 4. The van der Waals surface area contributed by atoms with E-state index < -0.39 is 0 Å². The molecule has 0 fully saturated rings. The maximum absolute atomic E-state index is 5.55. The third-order valence-electron chi connectivity index (χ3n) is 3.67. The molecule has 0 spiro atoms. The van der Waals surface area contributed by atoms with Gasteiger partial charge in [-0.25, -0.2) is 0 Å². The maximum Gasteiger partial charge on any atom is 0.305 e. The van der Waals surface area contributed by atoms with Gasteiger partial charge < -0.3 is 4.42 Å². The van der Waals surface area contributed by atoms with Crippen LogP contribution in [0, 0.1) is 6.92 Å². The number of hydrogen-bond donors (Lipinski definition) is 1. The van der Waals surface area contributed by atoms with Gasteiger partial charge in [0.05, 0.1) is 12.5 Å². The number of rotatable bonds is 3. The van der Waals surface area contributed by atoms with E-state index >= 15 is 0 Å². The second kappa shape index (κ2) is 4.78. The smallest absolute Gasteiger partial charge is 0.305 e. The predicted octanol–water partition coefficient (Wildman–Crippen LogP) is 3.31. The summed E-state index contributed by atoms with van der Waals surface area (Å²) < 4.78 is 5.62. The third-order valence-corrected chi connectivity index (χ3v) is 3.67. The first-order valence-corrected chi connectivity index (χ1v) is 6.92. The highest BCUT2D eigenvalue weighted by atomic mass is 16.3. The molecule has 2 aromatic rings. The first-order chi connectivity index (χ1) is 10.8. The molecule has 0 amide bonds. The van der Waals surface area contributed by atoms with E-state index in [1.165, 1.54) is 6.34 Å². The van der Waals surface area contributed by atoms with Crippen molar-refractivity contribution < 1.29 is 9.12 Å². The quantitative estimate of drug-likeness (QED) is 0.882. The molecule has 6 nitrogen and oxygen atoms in total. The zero-order valence-corrected chi connectivity index (χ0v) is 12.0. The van der Waals surface area contributed by atoms with Crippen molar-refractivity contribution in [2.24, 2.45) is 15.1 Å². The summed E-state index contributed by atoms with van der Waals surface area (Å²) in [4.78, 5) is 8.37. The van der Waals surface area contributed by atoms with Gasteiger partial charge in [-0.2, -0.15) is 10.4 Å². The lowest BCUT2D eigenvalue weighted by Crippen LogP contribution is -2.48. The molecule has 0 saturated carbocycles. The normalized spacial score (nSPS) is 21.8. The number of aryl methyl sites for hydroxylation is 1. The number of anilines is 1. The topological polar surface area (TPSA) is 62.2 Å². The Kier molecular flexibility index (Phi) is 2.77. The largest absolute Gasteiger partial charge is 0.464 e. The number of aliphatic imine (C=N–C) groups is 2. The van der Waals surface area contributed by atoms with E-state index in [9.17, 15) is 0 Å². The van der Waals surface area contributed by atoms with E-state index in [0.29, 0.717) is 0 Å². The monoisotopic (exact) mass is 292 g/mol. The van der Waals surface area contributed by atoms with Crippen molar-refractivity contribution in [1.29, 1.82) is 0 Å². The van der Waals surface area contributed by atoms with E-state index in [-0.39, 0.29) is 4.70 Å². The number of hydrogen-bond acceptors (Lipinski definition) is 5. The predicted molar refractivity (Wildman–Crippen MR) is 86.3 cm³/mol. The number of amidine groups is 1. The fourth-order valence-electron chi connectivity index (χ4n) is 2.54. The van der Waals surface area contributed by atoms with Gasteiger partial charge in [0.15, 0.2) is 12.5 Å². The zero-order valence-electron chi connectivity index (χ0n) is 12.0. The summed E-state index contributed by atoms with van der Waals surface area (Å²) in [6.07, 6.45) is 8.46. The first kappa shape index (κ1) is 12.7. The van der Waals surface area contributed by atoms with Crippen molar-refractivity contribution in [3.05, 3.63) is 54.6 Å². The minimum absolute atomic E-state index is 0.0715. The van der Waals surface area contributed by atoms with Crippen LogP contribution in [0.25, 0.3) is 11.3 Å². The average Bonchev–Trinajstić information content (AvgIpc) is 3.18. The van der Waals surface area contributed by atoms with E-state index in [0.717, 1.165) is 28.4 Å². The maximum atomic E-state index is 5.55. The second-order valence-electron chi connectivity index (χ2n) is 5.07. The van der Waals surface area contributed by atoms with Crippen LogP contribution in [0.3, 0.4) is 0 Å². The summed E-state index contributed by atoms with van der Waals surface area (Å²) in [5.41, 5.74) is 6.48. The molecule has 1 unspecified atom stereocenters. The van der Waals surface area contributed by atoms with Crippen molar-refractivity contribution in [3.63, 3.8) is 0 Å². The van der Waals surface area contributed by atoms with Crippen LogP contribution in [0.2, 0.25) is 0 Å². The van der Waals surface area contributed by atoms with Crippen molar-refractivity contribution in [2.45, 2.75) is 6.92 Å². The average molecular weight is 292 g/mol. The molecule has 4 rings (SSSR count). The lowest BCUT2D eigenvalue weighted by Gasteiger charge is -2.26. The Morgan fingerprint density at radius 3 is 3.00 bits per heavy atom. The molecule has 0 bridgehead atoms.